The predicted octanol–water partition coefficient (Wildman–Crippen LogP) is 3.06. The highest BCUT2D eigenvalue weighted by Gasteiger charge is 2.39. The van der Waals surface area contributed by atoms with Gasteiger partial charge in [0.15, 0.2) is 0 Å². The molecule has 3 aliphatic rings. The van der Waals surface area contributed by atoms with Crippen molar-refractivity contribution in [3.63, 3.8) is 0 Å². The minimum Gasteiger partial charge on any atom is -0.491 e. The zero-order chi connectivity index (χ0) is 19.2. The molecule has 156 valence electrons. The zero-order valence-electron chi connectivity index (χ0n) is 17.2. The summed E-state index contributed by atoms with van der Waals surface area (Å²) in [7, 11) is 0. The molecule has 1 spiro atoms. The van der Waals surface area contributed by atoms with Crippen LogP contribution >= 0.6 is 0 Å². The molecule has 28 heavy (non-hydrogen) atoms. The lowest BCUT2D eigenvalue weighted by Crippen LogP contribution is -2.49. The van der Waals surface area contributed by atoms with Crippen molar-refractivity contribution in [3.05, 3.63) is 29.8 Å². The first-order chi connectivity index (χ1) is 13.7. The Bertz CT molecular complexity index is 594. The Kier molecular flexibility index (Phi) is 6.89. The Labute approximate surface area is 169 Å². The van der Waals surface area contributed by atoms with E-state index in [2.05, 4.69) is 21.9 Å². The smallest absolute Gasteiger partial charge is 0.119 e. The number of benzene rings is 1. The van der Waals surface area contributed by atoms with Crippen LogP contribution in [0, 0.1) is 0 Å². The molecule has 1 aromatic carbocycles. The minimum absolute atomic E-state index is 0.131. The Morgan fingerprint density at radius 1 is 0.964 bits per heavy atom. The van der Waals surface area contributed by atoms with E-state index in [1.807, 2.05) is 12.1 Å². The average molecular weight is 389 g/mol. The molecule has 0 unspecified atom stereocenters. The lowest BCUT2D eigenvalue weighted by atomic mass is 9.99. The van der Waals surface area contributed by atoms with Crippen LogP contribution in [0.2, 0.25) is 0 Å². The first-order valence-electron chi connectivity index (χ1n) is 11.2. The first-order valence-corrected chi connectivity index (χ1v) is 11.2. The molecular weight excluding hydrogens is 352 g/mol. The van der Waals surface area contributed by atoms with E-state index in [1.165, 1.54) is 50.5 Å². The number of aliphatic hydroxyl groups is 1. The molecule has 0 amide bonds. The van der Waals surface area contributed by atoms with Crippen LogP contribution in [-0.4, -0.2) is 72.5 Å². The fourth-order valence-corrected chi connectivity index (χ4v) is 5.01. The summed E-state index contributed by atoms with van der Waals surface area (Å²) in [4.78, 5) is 4.88. The van der Waals surface area contributed by atoms with Crippen LogP contribution in [-0.2, 0) is 11.3 Å². The number of ether oxygens (including phenoxy) is 2. The van der Waals surface area contributed by atoms with E-state index in [9.17, 15) is 5.11 Å². The van der Waals surface area contributed by atoms with Gasteiger partial charge in [-0.2, -0.15) is 0 Å². The number of β-amino-alcohol motifs (C(OH)–C–C–N with tert-alkyl or cyclic N) is 1. The second-order valence-corrected chi connectivity index (χ2v) is 8.92. The highest BCUT2D eigenvalue weighted by Crippen LogP contribution is 2.36. The van der Waals surface area contributed by atoms with Gasteiger partial charge in [0, 0.05) is 26.2 Å². The number of hydrogen-bond acceptors (Lipinski definition) is 5. The fraction of sp³-hybridized carbons (Fsp3) is 0.739. The molecule has 0 aromatic heterocycles. The van der Waals surface area contributed by atoms with Crippen molar-refractivity contribution >= 4 is 0 Å². The molecule has 5 heteroatoms. The molecule has 3 fully saturated rings. The van der Waals surface area contributed by atoms with Crippen LogP contribution < -0.4 is 4.74 Å². The Balaban J connectivity index is 1.21. The maximum absolute atomic E-state index is 10.2. The monoisotopic (exact) mass is 388 g/mol. The van der Waals surface area contributed by atoms with Crippen molar-refractivity contribution in [2.75, 3.05) is 45.9 Å². The Morgan fingerprint density at radius 3 is 2.46 bits per heavy atom. The lowest BCUT2D eigenvalue weighted by molar-refractivity contribution is -0.107. The number of nitrogens with zero attached hydrogens (tertiary/aromatic N) is 2. The summed E-state index contributed by atoms with van der Waals surface area (Å²) in [5.74, 6) is 0.843. The summed E-state index contributed by atoms with van der Waals surface area (Å²) >= 11 is 0. The molecule has 1 atom stereocenters. The minimum atomic E-state index is -0.422. The normalized spacial score (nSPS) is 24.5. The van der Waals surface area contributed by atoms with Crippen LogP contribution in [0.5, 0.6) is 5.75 Å². The molecule has 5 nitrogen and oxygen atoms in total. The van der Waals surface area contributed by atoms with Crippen LogP contribution in [0.25, 0.3) is 0 Å². The SMILES string of the molecule is O[C@H](COc1ccc(CN2CCOC3(CCCC3)C2)cc1)CN1CCCCC1. The summed E-state index contributed by atoms with van der Waals surface area (Å²) in [6.07, 6.45) is 8.45. The van der Waals surface area contributed by atoms with Gasteiger partial charge in [0.1, 0.15) is 18.5 Å². The third kappa shape index (κ3) is 5.47. The third-order valence-corrected chi connectivity index (χ3v) is 6.53. The van der Waals surface area contributed by atoms with Crippen LogP contribution in [0.15, 0.2) is 24.3 Å². The van der Waals surface area contributed by atoms with Crippen molar-refractivity contribution in [2.45, 2.75) is 63.2 Å². The van der Waals surface area contributed by atoms with Crippen molar-refractivity contribution in [2.24, 2.45) is 0 Å². The molecule has 2 heterocycles. The van der Waals surface area contributed by atoms with Gasteiger partial charge in [-0.05, 0) is 56.5 Å². The fourth-order valence-electron chi connectivity index (χ4n) is 5.01. The standard InChI is InChI=1S/C23H36N2O3/c26-21(17-24-12-4-1-5-13-24)18-27-22-8-6-20(7-9-22)16-25-14-15-28-23(19-25)10-2-3-11-23/h6-9,21,26H,1-5,10-19H2/t21-/m0/s1. The molecule has 2 aliphatic heterocycles. The summed E-state index contributed by atoms with van der Waals surface area (Å²) < 4.78 is 12.0. The largest absolute Gasteiger partial charge is 0.491 e. The van der Waals surface area contributed by atoms with Gasteiger partial charge in [0.25, 0.3) is 0 Å². The second-order valence-electron chi connectivity index (χ2n) is 8.92. The van der Waals surface area contributed by atoms with Gasteiger partial charge in [0.2, 0.25) is 0 Å². The number of likely N-dealkylation sites (tertiary alicyclic amines) is 1. The van der Waals surface area contributed by atoms with Crippen molar-refractivity contribution in [3.8, 4) is 5.75 Å². The van der Waals surface area contributed by atoms with E-state index in [-0.39, 0.29) is 5.60 Å². The maximum Gasteiger partial charge on any atom is 0.119 e. The number of piperidine rings is 1. The molecule has 0 radical (unpaired) electrons. The van der Waals surface area contributed by atoms with Gasteiger partial charge in [-0.25, -0.2) is 0 Å². The van der Waals surface area contributed by atoms with Crippen LogP contribution in [0.4, 0.5) is 0 Å². The first kappa shape index (κ1) is 20.1. The van der Waals surface area contributed by atoms with Gasteiger partial charge < -0.3 is 19.5 Å². The lowest BCUT2D eigenvalue weighted by Gasteiger charge is -2.40. The summed E-state index contributed by atoms with van der Waals surface area (Å²) in [6, 6.07) is 8.38. The number of hydrogen-bond donors (Lipinski definition) is 1. The molecule has 4 rings (SSSR count). The molecule has 1 aromatic rings. The summed E-state index contributed by atoms with van der Waals surface area (Å²) in [5.41, 5.74) is 1.45. The number of morpholine rings is 1. The van der Waals surface area contributed by atoms with E-state index in [4.69, 9.17) is 9.47 Å². The van der Waals surface area contributed by atoms with E-state index >= 15 is 0 Å². The average Bonchev–Trinajstić information content (AvgIpc) is 3.16. The van der Waals surface area contributed by atoms with E-state index < -0.39 is 6.10 Å². The topological polar surface area (TPSA) is 45.2 Å². The number of aliphatic hydroxyl groups excluding tert-OH is 1. The molecule has 0 bridgehead atoms. The van der Waals surface area contributed by atoms with Crippen molar-refractivity contribution < 1.29 is 14.6 Å². The van der Waals surface area contributed by atoms with Gasteiger partial charge in [-0.15, -0.1) is 0 Å². The van der Waals surface area contributed by atoms with Crippen LogP contribution in [0.3, 0.4) is 0 Å². The molecular formula is C23H36N2O3. The van der Waals surface area contributed by atoms with Crippen LogP contribution in [0.1, 0.15) is 50.5 Å². The number of rotatable bonds is 7. The Hall–Kier alpha value is -1.14. The highest BCUT2D eigenvalue weighted by molar-refractivity contribution is 5.27. The van der Waals surface area contributed by atoms with E-state index in [0.717, 1.165) is 51.6 Å². The van der Waals surface area contributed by atoms with Gasteiger partial charge >= 0.3 is 0 Å². The highest BCUT2D eigenvalue weighted by atomic mass is 16.5. The van der Waals surface area contributed by atoms with Gasteiger partial charge in [-0.3, -0.25) is 4.90 Å². The summed E-state index contributed by atoms with van der Waals surface area (Å²) in [6.45, 7) is 7.21. The molecule has 1 N–H and O–H groups in total. The van der Waals surface area contributed by atoms with Crippen molar-refractivity contribution in [1.82, 2.24) is 9.80 Å². The van der Waals surface area contributed by atoms with Gasteiger partial charge in [0.05, 0.1) is 12.2 Å². The predicted molar refractivity (Wildman–Crippen MR) is 111 cm³/mol. The summed E-state index contributed by atoms with van der Waals surface area (Å²) in [5, 5.41) is 10.2. The third-order valence-electron chi connectivity index (χ3n) is 6.53. The maximum atomic E-state index is 10.2. The molecule has 1 saturated carbocycles. The quantitative estimate of drug-likeness (QED) is 0.778. The zero-order valence-corrected chi connectivity index (χ0v) is 17.2. The van der Waals surface area contributed by atoms with Gasteiger partial charge in [-0.1, -0.05) is 31.4 Å². The second kappa shape index (κ2) is 9.57. The Morgan fingerprint density at radius 2 is 1.71 bits per heavy atom. The molecule has 1 aliphatic carbocycles. The van der Waals surface area contributed by atoms with Crippen molar-refractivity contribution in [1.29, 1.82) is 0 Å². The van der Waals surface area contributed by atoms with E-state index in [0.29, 0.717) is 6.61 Å². The van der Waals surface area contributed by atoms with E-state index in [1.54, 1.807) is 0 Å². The molecule has 2 saturated heterocycles.